The van der Waals surface area contributed by atoms with Crippen LogP contribution >= 0.6 is 0 Å². The molecule has 5 rings (SSSR count). The van der Waals surface area contributed by atoms with Gasteiger partial charge in [-0.1, -0.05) is 41.1 Å². The highest BCUT2D eigenvalue weighted by molar-refractivity contribution is 6.04. The lowest BCUT2D eigenvalue weighted by Gasteiger charge is -2.08. The fourth-order valence-electron chi connectivity index (χ4n) is 3.64. The molecule has 1 N–H and O–H groups in total. The van der Waals surface area contributed by atoms with Crippen LogP contribution in [-0.4, -0.2) is 32.7 Å². The highest BCUT2D eigenvalue weighted by Crippen LogP contribution is 2.22. The van der Waals surface area contributed by atoms with Gasteiger partial charge in [0.25, 0.3) is 11.8 Å². The molecular formula is C27H23N5O3. The Bertz CT molecular complexity index is 1450. The predicted octanol–water partition coefficient (Wildman–Crippen LogP) is 5.22. The molecule has 0 unspecified atom stereocenters. The Morgan fingerprint density at radius 3 is 2.60 bits per heavy atom. The van der Waals surface area contributed by atoms with E-state index < -0.39 is 0 Å². The van der Waals surface area contributed by atoms with E-state index in [1.54, 1.807) is 37.7 Å². The molecule has 174 valence electrons. The van der Waals surface area contributed by atoms with Gasteiger partial charge in [-0.15, -0.1) is 0 Å². The smallest absolute Gasteiger partial charge is 0.278 e. The van der Waals surface area contributed by atoms with Gasteiger partial charge in [-0.3, -0.25) is 4.79 Å². The molecule has 8 nitrogen and oxygen atoms in total. The topological polar surface area (TPSA) is 95.1 Å². The fraction of sp³-hybridized carbons (Fsp3) is 0.111. The summed E-state index contributed by atoms with van der Waals surface area (Å²) in [7, 11) is 1.59. The average Bonchev–Trinajstić information content (AvgIpc) is 3.55. The number of hydrogen-bond acceptors (Lipinski definition) is 6. The van der Waals surface area contributed by atoms with Crippen molar-refractivity contribution in [1.82, 2.24) is 19.7 Å². The summed E-state index contributed by atoms with van der Waals surface area (Å²) >= 11 is 0. The molecule has 0 aliphatic heterocycles. The van der Waals surface area contributed by atoms with E-state index in [2.05, 4.69) is 20.4 Å². The van der Waals surface area contributed by atoms with E-state index in [-0.39, 0.29) is 5.91 Å². The molecule has 0 fully saturated rings. The van der Waals surface area contributed by atoms with Crippen LogP contribution in [0.1, 0.15) is 21.5 Å². The van der Waals surface area contributed by atoms with Crippen LogP contribution in [0.15, 0.2) is 89.8 Å². The molecular weight excluding hydrogens is 442 g/mol. The molecule has 2 aromatic heterocycles. The maximum Gasteiger partial charge on any atom is 0.278 e. The molecule has 0 saturated heterocycles. The Labute approximate surface area is 202 Å². The van der Waals surface area contributed by atoms with Gasteiger partial charge in [-0.25, -0.2) is 4.98 Å². The van der Waals surface area contributed by atoms with Gasteiger partial charge in [0, 0.05) is 29.6 Å². The van der Waals surface area contributed by atoms with Crippen LogP contribution in [0, 0.1) is 6.92 Å². The van der Waals surface area contributed by atoms with Crippen molar-refractivity contribution in [2.24, 2.45) is 0 Å². The van der Waals surface area contributed by atoms with Crippen LogP contribution in [0.5, 0.6) is 5.75 Å². The quantitative estimate of drug-likeness (QED) is 0.354. The van der Waals surface area contributed by atoms with Crippen molar-refractivity contribution in [1.29, 1.82) is 0 Å². The summed E-state index contributed by atoms with van der Waals surface area (Å²) in [6, 6.07) is 22.6. The fourth-order valence-corrected chi connectivity index (χ4v) is 3.64. The molecule has 0 bridgehead atoms. The number of nitrogens with one attached hydrogen (secondary N) is 1. The number of methoxy groups -OCH3 is 1. The summed E-state index contributed by atoms with van der Waals surface area (Å²) in [4.78, 5) is 21.3. The first-order chi connectivity index (χ1) is 17.1. The zero-order valence-electron chi connectivity index (χ0n) is 19.3. The zero-order valence-corrected chi connectivity index (χ0v) is 19.3. The minimum absolute atomic E-state index is 0.177. The summed E-state index contributed by atoms with van der Waals surface area (Å²) in [5.41, 5.74) is 4.98. The van der Waals surface area contributed by atoms with Gasteiger partial charge >= 0.3 is 0 Å². The molecule has 0 atom stereocenters. The minimum Gasteiger partial charge on any atom is -0.497 e. The molecule has 0 saturated carbocycles. The van der Waals surface area contributed by atoms with Crippen LogP contribution in [-0.2, 0) is 6.54 Å². The van der Waals surface area contributed by atoms with E-state index in [9.17, 15) is 4.79 Å². The van der Waals surface area contributed by atoms with Gasteiger partial charge in [-0.05, 0) is 55.0 Å². The third-order valence-electron chi connectivity index (χ3n) is 5.48. The monoisotopic (exact) mass is 465 g/mol. The molecule has 3 aromatic carbocycles. The Morgan fingerprint density at radius 2 is 1.86 bits per heavy atom. The first-order valence-electron chi connectivity index (χ1n) is 11.0. The number of ether oxygens (including phenoxy) is 1. The number of carbonyl (C=O) groups excluding carboxylic acids is 1. The third kappa shape index (κ3) is 5.11. The number of hydrogen-bond donors (Lipinski definition) is 1. The van der Waals surface area contributed by atoms with Gasteiger partial charge < -0.3 is 19.1 Å². The van der Waals surface area contributed by atoms with Crippen LogP contribution in [0.2, 0.25) is 0 Å². The Kier molecular flexibility index (Phi) is 6.09. The Hall–Kier alpha value is -4.72. The third-order valence-corrected chi connectivity index (χ3v) is 5.48. The molecule has 5 aromatic rings. The maximum atomic E-state index is 12.5. The van der Waals surface area contributed by atoms with Crippen LogP contribution in [0.25, 0.3) is 23.0 Å². The summed E-state index contributed by atoms with van der Waals surface area (Å²) in [6.45, 7) is 2.63. The number of benzene rings is 3. The second-order valence-corrected chi connectivity index (χ2v) is 8.10. The molecule has 1 amide bonds. The van der Waals surface area contributed by atoms with Gasteiger partial charge in [0.2, 0.25) is 5.82 Å². The lowest BCUT2D eigenvalue weighted by molar-refractivity contribution is 0.102. The van der Waals surface area contributed by atoms with E-state index >= 15 is 0 Å². The van der Waals surface area contributed by atoms with Crippen molar-refractivity contribution in [2.75, 3.05) is 12.4 Å². The van der Waals surface area contributed by atoms with Crippen LogP contribution in [0.4, 0.5) is 5.69 Å². The first kappa shape index (κ1) is 22.1. The normalized spacial score (nSPS) is 10.8. The standard InChI is InChI=1S/C27H23N5O3/c1-18-4-3-5-21(14-18)25-30-27(35-31-25)24-16-32(17-28-24)15-19-6-10-22(11-7-19)29-26(33)20-8-12-23(34-2)13-9-20/h3-14,16-17H,15H2,1-2H3,(H,29,33). The summed E-state index contributed by atoms with van der Waals surface area (Å²) in [5.74, 6) is 1.44. The number of carbonyl (C=O) groups is 1. The van der Waals surface area contributed by atoms with Gasteiger partial charge in [-0.2, -0.15) is 4.98 Å². The van der Waals surface area contributed by atoms with Gasteiger partial charge in [0.15, 0.2) is 0 Å². The number of imidazole rings is 1. The van der Waals surface area contributed by atoms with Gasteiger partial charge in [0.1, 0.15) is 11.4 Å². The average molecular weight is 466 g/mol. The van der Waals surface area contributed by atoms with E-state index in [4.69, 9.17) is 9.26 Å². The molecule has 0 radical (unpaired) electrons. The van der Waals surface area contributed by atoms with E-state index in [1.165, 1.54) is 0 Å². The van der Waals surface area contributed by atoms with E-state index in [0.29, 0.717) is 35.3 Å². The molecule has 0 aliphatic carbocycles. The van der Waals surface area contributed by atoms with Crippen molar-refractivity contribution >= 4 is 11.6 Å². The van der Waals surface area contributed by atoms with Crippen molar-refractivity contribution < 1.29 is 14.1 Å². The summed E-state index contributed by atoms with van der Waals surface area (Å²) in [6.07, 6.45) is 3.60. The number of nitrogens with zero attached hydrogens (tertiary/aromatic N) is 4. The highest BCUT2D eigenvalue weighted by atomic mass is 16.5. The van der Waals surface area contributed by atoms with Crippen molar-refractivity contribution in [2.45, 2.75) is 13.5 Å². The molecule has 0 aliphatic rings. The number of anilines is 1. The molecule has 8 heteroatoms. The number of aromatic nitrogens is 4. The van der Waals surface area contributed by atoms with E-state index in [1.807, 2.05) is 66.2 Å². The lowest BCUT2D eigenvalue weighted by Crippen LogP contribution is -2.11. The first-order valence-corrected chi connectivity index (χ1v) is 11.0. The largest absolute Gasteiger partial charge is 0.497 e. The minimum atomic E-state index is -0.177. The summed E-state index contributed by atoms with van der Waals surface area (Å²) < 4.78 is 12.5. The highest BCUT2D eigenvalue weighted by Gasteiger charge is 2.13. The zero-order chi connectivity index (χ0) is 24.2. The van der Waals surface area contributed by atoms with Crippen LogP contribution in [0.3, 0.4) is 0 Å². The SMILES string of the molecule is COc1ccc(C(=O)Nc2ccc(Cn3cnc(-c4nc(-c5cccc(C)c5)no4)c3)cc2)cc1. The molecule has 2 heterocycles. The van der Waals surface area contributed by atoms with Gasteiger partial charge in [0.05, 0.1) is 13.4 Å². The lowest BCUT2D eigenvalue weighted by atomic mass is 10.1. The van der Waals surface area contributed by atoms with Crippen LogP contribution < -0.4 is 10.1 Å². The number of amides is 1. The maximum absolute atomic E-state index is 12.5. The summed E-state index contributed by atoms with van der Waals surface area (Å²) in [5, 5.41) is 6.99. The molecule has 35 heavy (non-hydrogen) atoms. The molecule has 0 spiro atoms. The van der Waals surface area contributed by atoms with Crippen molar-refractivity contribution in [3.05, 3.63) is 102 Å². The predicted molar refractivity (Wildman–Crippen MR) is 132 cm³/mol. The van der Waals surface area contributed by atoms with Crippen molar-refractivity contribution in [3.63, 3.8) is 0 Å². The number of aryl methyl sites for hydroxylation is 1. The Balaban J connectivity index is 1.22. The van der Waals surface area contributed by atoms with E-state index in [0.717, 1.165) is 22.4 Å². The second kappa shape index (κ2) is 9.64. The number of rotatable bonds is 7. The van der Waals surface area contributed by atoms with Crippen molar-refractivity contribution in [3.8, 4) is 28.7 Å². The second-order valence-electron chi connectivity index (χ2n) is 8.10. The Morgan fingerprint density at radius 1 is 1.06 bits per heavy atom.